The van der Waals surface area contributed by atoms with Crippen LogP contribution in [0.2, 0.25) is 0 Å². The Kier molecular flexibility index (Phi) is 8.27. The standard InChI is InChI=1S/C14H26NO3P/c1-3-17-19(16,18-4-2)13-9-8-12-15-14-10-6-5-7-11-14/h8-9,12,14H,3-7,10-11,13H2,1-2H3/b9-8+,15-12?. The van der Waals surface area contributed by atoms with Crippen molar-refractivity contribution in [2.45, 2.75) is 52.0 Å². The van der Waals surface area contributed by atoms with Gasteiger partial charge in [0.05, 0.1) is 19.4 Å². The predicted molar refractivity (Wildman–Crippen MR) is 80.2 cm³/mol. The Balaban J connectivity index is 2.34. The topological polar surface area (TPSA) is 47.9 Å². The first-order valence-corrected chi connectivity index (χ1v) is 8.99. The average Bonchev–Trinajstić information content (AvgIpc) is 2.40. The van der Waals surface area contributed by atoms with Crippen LogP contribution in [-0.4, -0.2) is 31.6 Å². The number of hydrogen-bond donors (Lipinski definition) is 0. The van der Waals surface area contributed by atoms with Gasteiger partial charge in [0.1, 0.15) is 0 Å². The number of aliphatic imine (C=N–C) groups is 1. The van der Waals surface area contributed by atoms with E-state index in [1.807, 2.05) is 32.2 Å². The quantitative estimate of drug-likeness (QED) is 0.496. The minimum atomic E-state index is -2.94. The first-order valence-electron chi connectivity index (χ1n) is 7.26. The molecule has 19 heavy (non-hydrogen) atoms. The summed E-state index contributed by atoms with van der Waals surface area (Å²) in [5, 5.41) is 0. The molecule has 0 heterocycles. The smallest absolute Gasteiger partial charge is 0.309 e. The monoisotopic (exact) mass is 287 g/mol. The van der Waals surface area contributed by atoms with Crippen LogP contribution in [0, 0.1) is 0 Å². The number of nitrogens with zero attached hydrogens (tertiary/aromatic N) is 1. The van der Waals surface area contributed by atoms with Crippen molar-refractivity contribution >= 4 is 13.8 Å². The largest absolute Gasteiger partial charge is 0.334 e. The second-order valence-corrected chi connectivity index (χ2v) is 6.75. The molecule has 0 aromatic heterocycles. The first kappa shape index (κ1) is 16.6. The van der Waals surface area contributed by atoms with E-state index in [1.54, 1.807) is 0 Å². The van der Waals surface area contributed by atoms with Gasteiger partial charge >= 0.3 is 7.60 Å². The fourth-order valence-corrected chi connectivity index (χ4v) is 3.64. The molecule has 0 radical (unpaired) electrons. The van der Waals surface area contributed by atoms with E-state index >= 15 is 0 Å². The van der Waals surface area contributed by atoms with Crippen LogP contribution >= 0.6 is 7.60 Å². The van der Waals surface area contributed by atoms with Crippen molar-refractivity contribution in [1.29, 1.82) is 0 Å². The van der Waals surface area contributed by atoms with Gasteiger partial charge in [0.15, 0.2) is 0 Å². The van der Waals surface area contributed by atoms with Crippen LogP contribution in [0.25, 0.3) is 0 Å². The molecule has 0 aromatic carbocycles. The number of allylic oxidation sites excluding steroid dienone is 2. The SMILES string of the molecule is CCOP(=O)(C/C=C/C=NC1CCCCC1)OCC. The fraction of sp³-hybridized carbons (Fsp3) is 0.786. The van der Waals surface area contributed by atoms with Crippen LogP contribution in [0.4, 0.5) is 0 Å². The van der Waals surface area contributed by atoms with Crippen molar-refractivity contribution in [2.24, 2.45) is 4.99 Å². The maximum absolute atomic E-state index is 12.1. The molecule has 1 aliphatic rings. The van der Waals surface area contributed by atoms with Crippen molar-refractivity contribution < 1.29 is 13.6 Å². The summed E-state index contributed by atoms with van der Waals surface area (Å²) in [6.45, 7) is 4.45. The zero-order valence-electron chi connectivity index (χ0n) is 12.1. The second kappa shape index (κ2) is 9.46. The Morgan fingerprint density at radius 2 is 1.79 bits per heavy atom. The van der Waals surface area contributed by atoms with Gasteiger partial charge in [0.25, 0.3) is 0 Å². The highest BCUT2D eigenvalue weighted by atomic mass is 31.2. The van der Waals surface area contributed by atoms with Crippen LogP contribution in [-0.2, 0) is 13.6 Å². The van der Waals surface area contributed by atoms with E-state index in [-0.39, 0.29) is 0 Å². The summed E-state index contributed by atoms with van der Waals surface area (Å²) in [5.74, 6) is 0. The average molecular weight is 287 g/mol. The first-order chi connectivity index (χ1) is 9.20. The molecule has 5 heteroatoms. The lowest BCUT2D eigenvalue weighted by Gasteiger charge is -2.16. The molecule has 0 N–H and O–H groups in total. The summed E-state index contributed by atoms with van der Waals surface area (Å²) in [6, 6.07) is 0.476. The van der Waals surface area contributed by atoms with Gasteiger partial charge in [0.2, 0.25) is 0 Å². The molecule has 0 unspecified atom stereocenters. The van der Waals surface area contributed by atoms with Crippen LogP contribution in [0.15, 0.2) is 17.1 Å². The summed E-state index contributed by atoms with van der Waals surface area (Å²) in [6.07, 6.45) is 12.1. The van der Waals surface area contributed by atoms with E-state index < -0.39 is 7.60 Å². The van der Waals surface area contributed by atoms with Crippen LogP contribution < -0.4 is 0 Å². The Morgan fingerprint density at radius 1 is 1.16 bits per heavy atom. The Bertz CT molecular complexity index is 326. The van der Waals surface area contributed by atoms with Crippen LogP contribution in [0.1, 0.15) is 46.0 Å². The molecule has 0 saturated heterocycles. The lowest BCUT2D eigenvalue weighted by molar-refractivity contribution is 0.222. The summed E-state index contributed by atoms with van der Waals surface area (Å²) in [5.41, 5.74) is 0. The molecule has 1 fully saturated rings. The zero-order chi connectivity index (χ0) is 14.0. The van der Waals surface area contributed by atoms with Gasteiger partial charge in [-0.25, -0.2) is 0 Å². The van der Waals surface area contributed by atoms with Gasteiger partial charge in [-0.3, -0.25) is 9.56 Å². The Morgan fingerprint density at radius 3 is 2.37 bits per heavy atom. The van der Waals surface area contributed by atoms with Gasteiger partial charge in [-0.1, -0.05) is 25.3 Å². The zero-order valence-corrected chi connectivity index (χ0v) is 13.0. The minimum Gasteiger partial charge on any atom is -0.309 e. The molecule has 0 bridgehead atoms. The van der Waals surface area contributed by atoms with Crippen molar-refractivity contribution in [3.05, 3.63) is 12.2 Å². The number of hydrogen-bond acceptors (Lipinski definition) is 4. The van der Waals surface area contributed by atoms with E-state index in [1.165, 1.54) is 32.1 Å². The van der Waals surface area contributed by atoms with E-state index in [0.717, 1.165) is 0 Å². The molecule has 0 amide bonds. The Hall–Kier alpha value is -0.440. The van der Waals surface area contributed by atoms with Crippen molar-refractivity contribution in [2.75, 3.05) is 19.4 Å². The molecule has 1 aliphatic carbocycles. The van der Waals surface area contributed by atoms with Gasteiger partial charge in [-0.2, -0.15) is 0 Å². The maximum Gasteiger partial charge on any atom is 0.334 e. The lowest BCUT2D eigenvalue weighted by Crippen LogP contribution is -2.09. The third kappa shape index (κ3) is 7.05. The van der Waals surface area contributed by atoms with Gasteiger partial charge in [-0.15, -0.1) is 0 Å². The molecule has 110 valence electrons. The van der Waals surface area contributed by atoms with Crippen molar-refractivity contribution in [3.63, 3.8) is 0 Å². The van der Waals surface area contributed by atoms with Crippen LogP contribution in [0.3, 0.4) is 0 Å². The molecule has 0 spiro atoms. The molecule has 4 nitrogen and oxygen atoms in total. The van der Waals surface area contributed by atoms with E-state index in [9.17, 15) is 4.57 Å². The summed E-state index contributed by atoms with van der Waals surface area (Å²) in [4.78, 5) is 4.51. The molecule has 0 aliphatic heterocycles. The second-order valence-electron chi connectivity index (χ2n) is 4.65. The van der Waals surface area contributed by atoms with Crippen molar-refractivity contribution in [1.82, 2.24) is 0 Å². The highest BCUT2D eigenvalue weighted by Crippen LogP contribution is 2.47. The minimum absolute atomic E-state index is 0.311. The third-order valence-corrected chi connectivity index (χ3v) is 5.04. The molecule has 0 atom stereocenters. The maximum atomic E-state index is 12.1. The van der Waals surface area contributed by atoms with Gasteiger partial charge < -0.3 is 9.05 Å². The van der Waals surface area contributed by atoms with E-state index in [2.05, 4.69) is 4.99 Å². The lowest BCUT2D eigenvalue weighted by atomic mass is 9.96. The van der Waals surface area contributed by atoms with E-state index in [0.29, 0.717) is 25.4 Å². The van der Waals surface area contributed by atoms with Crippen molar-refractivity contribution in [3.8, 4) is 0 Å². The predicted octanol–water partition coefficient (Wildman–Crippen LogP) is 4.21. The molecule has 0 aromatic rings. The highest BCUT2D eigenvalue weighted by Gasteiger charge is 2.20. The fourth-order valence-electron chi connectivity index (χ4n) is 2.19. The summed E-state index contributed by atoms with van der Waals surface area (Å²) >= 11 is 0. The molecule has 1 rings (SSSR count). The highest BCUT2D eigenvalue weighted by molar-refractivity contribution is 7.54. The normalized spacial score (nSPS) is 18.6. The number of rotatable bonds is 8. The summed E-state index contributed by atoms with van der Waals surface area (Å²) in [7, 11) is -2.94. The third-order valence-electron chi connectivity index (χ3n) is 3.07. The molecular formula is C14H26NO3P. The van der Waals surface area contributed by atoms with Crippen LogP contribution in [0.5, 0.6) is 0 Å². The van der Waals surface area contributed by atoms with Gasteiger partial charge in [-0.05, 0) is 32.8 Å². The summed E-state index contributed by atoms with van der Waals surface area (Å²) < 4.78 is 22.5. The van der Waals surface area contributed by atoms with E-state index in [4.69, 9.17) is 9.05 Å². The Labute approximate surface area is 116 Å². The molecular weight excluding hydrogens is 261 g/mol. The molecule has 1 saturated carbocycles. The van der Waals surface area contributed by atoms with Gasteiger partial charge in [0, 0.05) is 12.3 Å².